The zero-order valence-corrected chi connectivity index (χ0v) is 9.76. The summed E-state index contributed by atoms with van der Waals surface area (Å²) in [5.74, 6) is 2.59. The molecule has 0 aromatic heterocycles. The summed E-state index contributed by atoms with van der Waals surface area (Å²) < 4.78 is 0. The normalized spacial score (nSPS) is 28.0. The molecule has 82 valence electrons. The fourth-order valence-corrected chi connectivity index (χ4v) is 2.58. The molecule has 1 saturated carbocycles. The van der Waals surface area contributed by atoms with Gasteiger partial charge in [0.05, 0.1) is 0 Å². The van der Waals surface area contributed by atoms with Gasteiger partial charge in [-0.15, -0.1) is 0 Å². The molecule has 0 heterocycles. The van der Waals surface area contributed by atoms with Crippen molar-refractivity contribution in [1.82, 2.24) is 0 Å². The van der Waals surface area contributed by atoms with Crippen molar-refractivity contribution >= 4 is 0 Å². The topological polar surface area (TPSA) is 26.0 Å². The molecule has 0 atom stereocenters. The van der Waals surface area contributed by atoms with Crippen LogP contribution in [-0.4, -0.2) is 6.54 Å². The van der Waals surface area contributed by atoms with E-state index in [0.717, 1.165) is 30.7 Å². The molecule has 0 aromatic carbocycles. The Bertz CT molecular complexity index is 176. The Labute approximate surface area is 88.8 Å². The summed E-state index contributed by atoms with van der Waals surface area (Å²) in [6.45, 7) is 9.62. The Morgan fingerprint density at radius 1 is 1.29 bits per heavy atom. The van der Waals surface area contributed by atoms with Crippen LogP contribution in [0.15, 0.2) is 12.2 Å². The maximum atomic E-state index is 5.55. The Morgan fingerprint density at radius 3 is 2.29 bits per heavy atom. The predicted molar refractivity (Wildman–Crippen MR) is 63.1 cm³/mol. The lowest BCUT2D eigenvalue weighted by molar-refractivity contribution is 0.240. The molecule has 1 aliphatic carbocycles. The summed E-state index contributed by atoms with van der Waals surface area (Å²) in [7, 11) is 0. The molecule has 1 aliphatic rings. The van der Waals surface area contributed by atoms with Crippen molar-refractivity contribution < 1.29 is 0 Å². The average molecular weight is 195 g/mol. The highest BCUT2D eigenvalue weighted by atomic mass is 14.5. The molecule has 0 bridgehead atoms. The van der Waals surface area contributed by atoms with Crippen LogP contribution in [0.5, 0.6) is 0 Å². The average Bonchev–Trinajstić information content (AvgIpc) is 2.18. The molecule has 1 rings (SSSR count). The number of rotatable bonds is 4. The molecular weight excluding hydrogens is 170 g/mol. The van der Waals surface area contributed by atoms with E-state index in [1.165, 1.54) is 31.3 Å². The summed E-state index contributed by atoms with van der Waals surface area (Å²) in [4.78, 5) is 0. The largest absolute Gasteiger partial charge is 0.330 e. The third-order valence-corrected chi connectivity index (χ3v) is 3.76. The highest BCUT2D eigenvalue weighted by Gasteiger charge is 2.24. The molecule has 0 spiro atoms. The minimum Gasteiger partial charge on any atom is -0.330 e. The SMILES string of the molecule is C=C(CCN)C1CCC(C(C)C)CC1. The summed E-state index contributed by atoms with van der Waals surface area (Å²) in [5.41, 5.74) is 6.95. The first-order valence-electron chi connectivity index (χ1n) is 6.03. The second kappa shape index (κ2) is 5.55. The molecule has 14 heavy (non-hydrogen) atoms. The third-order valence-electron chi connectivity index (χ3n) is 3.76. The van der Waals surface area contributed by atoms with E-state index in [1.807, 2.05) is 0 Å². The van der Waals surface area contributed by atoms with E-state index in [9.17, 15) is 0 Å². The zero-order valence-electron chi connectivity index (χ0n) is 9.76. The van der Waals surface area contributed by atoms with Gasteiger partial charge in [-0.25, -0.2) is 0 Å². The van der Waals surface area contributed by atoms with Crippen molar-refractivity contribution in [2.75, 3.05) is 6.54 Å². The first-order chi connectivity index (χ1) is 6.65. The highest BCUT2D eigenvalue weighted by Crippen LogP contribution is 2.36. The molecule has 1 nitrogen and oxygen atoms in total. The van der Waals surface area contributed by atoms with Crippen LogP contribution in [0.1, 0.15) is 46.0 Å². The quantitative estimate of drug-likeness (QED) is 0.684. The van der Waals surface area contributed by atoms with E-state index < -0.39 is 0 Å². The van der Waals surface area contributed by atoms with Gasteiger partial charge in [0.1, 0.15) is 0 Å². The molecule has 0 unspecified atom stereocenters. The summed E-state index contributed by atoms with van der Waals surface area (Å²) >= 11 is 0. The fourth-order valence-electron chi connectivity index (χ4n) is 2.58. The van der Waals surface area contributed by atoms with E-state index >= 15 is 0 Å². The van der Waals surface area contributed by atoms with Crippen molar-refractivity contribution in [1.29, 1.82) is 0 Å². The summed E-state index contributed by atoms with van der Waals surface area (Å²) in [5, 5.41) is 0. The lowest BCUT2D eigenvalue weighted by Gasteiger charge is -2.31. The van der Waals surface area contributed by atoms with E-state index in [2.05, 4.69) is 20.4 Å². The van der Waals surface area contributed by atoms with Gasteiger partial charge in [-0.3, -0.25) is 0 Å². The van der Waals surface area contributed by atoms with Crippen molar-refractivity contribution in [3.63, 3.8) is 0 Å². The maximum Gasteiger partial charge on any atom is -0.00399 e. The van der Waals surface area contributed by atoms with Gasteiger partial charge in [-0.05, 0) is 56.4 Å². The van der Waals surface area contributed by atoms with E-state index in [1.54, 1.807) is 0 Å². The standard InChI is InChI=1S/C13H25N/c1-10(2)12-4-6-13(7-5-12)11(3)8-9-14/h10,12-13H,3-9,14H2,1-2H3. The second-order valence-electron chi connectivity index (χ2n) is 5.05. The Balaban J connectivity index is 2.31. The fraction of sp³-hybridized carbons (Fsp3) is 0.846. The van der Waals surface area contributed by atoms with Gasteiger partial charge < -0.3 is 5.73 Å². The molecule has 2 N–H and O–H groups in total. The zero-order chi connectivity index (χ0) is 10.6. The first kappa shape index (κ1) is 11.8. The number of hydrogen-bond donors (Lipinski definition) is 1. The van der Waals surface area contributed by atoms with Gasteiger partial charge >= 0.3 is 0 Å². The van der Waals surface area contributed by atoms with Gasteiger partial charge in [0.2, 0.25) is 0 Å². The van der Waals surface area contributed by atoms with E-state index in [4.69, 9.17) is 5.73 Å². The van der Waals surface area contributed by atoms with Gasteiger partial charge in [0.25, 0.3) is 0 Å². The second-order valence-corrected chi connectivity index (χ2v) is 5.05. The molecule has 0 aliphatic heterocycles. The van der Waals surface area contributed by atoms with Crippen LogP contribution in [0.25, 0.3) is 0 Å². The van der Waals surface area contributed by atoms with Crippen LogP contribution in [0.3, 0.4) is 0 Å². The monoisotopic (exact) mass is 195 g/mol. The van der Waals surface area contributed by atoms with Gasteiger partial charge in [0, 0.05) is 0 Å². The lowest BCUT2D eigenvalue weighted by Crippen LogP contribution is -2.20. The summed E-state index contributed by atoms with van der Waals surface area (Å²) in [6.07, 6.45) is 6.51. The van der Waals surface area contributed by atoms with Crippen LogP contribution in [0.4, 0.5) is 0 Å². The molecule has 1 fully saturated rings. The molecule has 0 aromatic rings. The minimum atomic E-state index is 0.767. The minimum absolute atomic E-state index is 0.767. The predicted octanol–water partition coefficient (Wildman–Crippen LogP) is 3.35. The van der Waals surface area contributed by atoms with Crippen molar-refractivity contribution in [3.8, 4) is 0 Å². The third kappa shape index (κ3) is 3.13. The Morgan fingerprint density at radius 2 is 1.86 bits per heavy atom. The smallest absolute Gasteiger partial charge is 0.00399 e. The van der Waals surface area contributed by atoms with Gasteiger partial charge in [-0.1, -0.05) is 26.0 Å². The van der Waals surface area contributed by atoms with Crippen LogP contribution in [0.2, 0.25) is 0 Å². The van der Waals surface area contributed by atoms with Crippen molar-refractivity contribution in [2.24, 2.45) is 23.5 Å². The molecular formula is C13H25N. The number of nitrogens with two attached hydrogens (primary N) is 1. The van der Waals surface area contributed by atoms with Gasteiger partial charge in [-0.2, -0.15) is 0 Å². The van der Waals surface area contributed by atoms with Gasteiger partial charge in [0.15, 0.2) is 0 Å². The van der Waals surface area contributed by atoms with Crippen LogP contribution in [0, 0.1) is 17.8 Å². The first-order valence-corrected chi connectivity index (χ1v) is 6.03. The van der Waals surface area contributed by atoms with Crippen LogP contribution >= 0.6 is 0 Å². The van der Waals surface area contributed by atoms with Crippen molar-refractivity contribution in [2.45, 2.75) is 46.0 Å². The summed E-state index contributed by atoms with van der Waals surface area (Å²) in [6, 6.07) is 0. The van der Waals surface area contributed by atoms with Crippen LogP contribution < -0.4 is 5.73 Å². The molecule has 0 saturated heterocycles. The Kier molecular flexibility index (Phi) is 4.67. The number of hydrogen-bond acceptors (Lipinski definition) is 1. The highest BCUT2D eigenvalue weighted by molar-refractivity contribution is 5.02. The molecule has 1 heteroatoms. The van der Waals surface area contributed by atoms with Crippen LogP contribution in [-0.2, 0) is 0 Å². The maximum absolute atomic E-state index is 5.55. The Hall–Kier alpha value is -0.300. The van der Waals surface area contributed by atoms with E-state index in [-0.39, 0.29) is 0 Å². The van der Waals surface area contributed by atoms with Crippen molar-refractivity contribution in [3.05, 3.63) is 12.2 Å². The molecule has 0 radical (unpaired) electrons. The molecule has 0 amide bonds. The van der Waals surface area contributed by atoms with E-state index in [0.29, 0.717) is 0 Å². The lowest BCUT2D eigenvalue weighted by atomic mass is 9.74.